The Hall–Kier alpha value is -1.18. The normalized spacial score (nSPS) is 10.6. The Morgan fingerprint density at radius 2 is 1.37 bits per heavy atom. The molecule has 0 spiro atoms. The van der Waals surface area contributed by atoms with Crippen molar-refractivity contribution < 1.29 is 0 Å². The smallest absolute Gasteiger partial charge is 0.0424 e. The first-order valence-electron chi connectivity index (χ1n) is 6.22. The van der Waals surface area contributed by atoms with Crippen molar-refractivity contribution in [3.05, 3.63) is 62.6 Å². The molecule has 2 aromatic carbocycles. The van der Waals surface area contributed by atoms with Crippen LogP contribution in [-0.2, 0) is 6.54 Å². The Labute approximate surface area is 124 Å². The summed E-state index contributed by atoms with van der Waals surface area (Å²) in [6.45, 7) is 7.06. The molecule has 2 rings (SSSR count). The summed E-state index contributed by atoms with van der Waals surface area (Å²) in [5.74, 6) is 0. The number of hydrogen-bond donors (Lipinski definition) is 1. The molecule has 2 aromatic rings. The standard InChI is InChI=1S/C16H17Cl2N/c1-10-4-11(2)16(12(3)5-10)19-9-13-6-14(17)8-15(18)7-13/h4-8,19H,9H2,1-3H3. The van der Waals surface area contributed by atoms with Gasteiger partial charge in [0.1, 0.15) is 0 Å². The van der Waals surface area contributed by atoms with E-state index in [1.54, 1.807) is 6.07 Å². The average Bonchev–Trinajstić information content (AvgIpc) is 2.25. The van der Waals surface area contributed by atoms with Crippen LogP contribution < -0.4 is 5.32 Å². The summed E-state index contributed by atoms with van der Waals surface area (Å²) < 4.78 is 0. The summed E-state index contributed by atoms with van der Waals surface area (Å²) in [4.78, 5) is 0. The lowest BCUT2D eigenvalue weighted by Gasteiger charge is -2.14. The van der Waals surface area contributed by atoms with Crippen LogP contribution in [0, 0.1) is 20.8 Å². The topological polar surface area (TPSA) is 12.0 Å². The van der Waals surface area contributed by atoms with E-state index >= 15 is 0 Å². The quantitative estimate of drug-likeness (QED) is 0.784. The molecular weight excluding hydrogens is 277 g/mol. The first-order valence-corrected chi connectivity index (χ1v) is 6.98. The maximum absolute atomic E-state index is 6.00. The summed E-state index contributed by atoms with van der Waals surface area (Å²) >= 11 is 12.0. The maximum atomic E-state index is 6.00. The zero-order chi connectivity index (χ0) is 14.0. The lowest BCUT2D eigenvalue weighted by molar-refractivity contribution is 1.13. The zero-order valence-corrected chi connectivity index (χ0v) is 12.9. The molecule has 0 aromatic heterocycles. The lowest BCUT2D eigenvalue weighted by Crippen LogP contribution is -2.03. The lowest BCUT2D eigenvalue weighted by atomic mass is 10.0. The van der Waals surface area contributed by atoms with Crippen LogP contribution >= 0.6 is 23.2 Å². The van der Waals surface area contributed by atoms with E-state index in [9.17, 15) is 0 Å². The van der Waals surface area contributed by atoms with Crippen molar-refractivity contribution in [2.75, 3.05) is 5.32 Å². The van der Waals surface area contributed by atoms with E-state index in [1.807, 2.05) is 12.1 Å². The third-order valence-corrected chi connectivity index (χ3v) is 3.51. The van der Waals surface area contributed by atoms with Crippen molar-refractivity contribution in [2.24, 2.45) is 0 Å². The van der Waals surface area contributed by atoms with Gasteiger partial charge in [0.15, 0.2) is 0 Å². The summed E-state index contributed by atoms with van der Waals surface area (Å²) in [6.07, 6.45) is 0. The highest BCUT2D eigenvalue weighted by Crippen LogP contribution is 2.24. The van der Waals surface area contributed by atoms with E-state index in [-0.39, 0.29) is 0 Å². The molecule has 1 nitrogen and oxygen atoms in total. The van der Waals surface area contributed by atoms with Gasteiger partial charge in [-0.15, -0.1) is 0 Å². The van der Waals surface area contributed by atoms with Crippen LogP contribution in [0.1, 0.15) is 22.3 Å². The molecular formula is C16H17Cl2N. The van der Waals surface area contributed by atoms with Gasteiger partial charge >= 0.3 is 0 Å². The molecule has 0 saturated carbocycles. The minimum absolute atomic E-state index is 0.668. The zero-order valence-electron chi connectivity index (χ0n) is 11.3. The number of halogens is 2. The second-order valence-corrected chi connectivity index (χ2v) is 5.78. The number of benzene rings is 2. The predicted octanol–water partition coefficient (Wildman–Crippen LogP) is 5.53. The fraction of sp³-hybridized carbons (Fsp3) is 0.250. The molecule has 1 N–H and O–H groups in total. The van der Waals surface area contributed by atoms with Gasteiger partial charge in [0.05, 0.1) is 0 Å². The molecule has 0 aliphatic carbocycles. The monoisotopic (exact) mass is 293 g/mol. The molecule has 0 heterocycles. The molecule has 0 fully saturated rings. The number of rotatable bonds is 3. The minimum atomic E-state index is 0.668. The Morgan fingerprint density at radius 1 is 0.842 bits per heavy atom. The first kappa shape index (κ1) is 14.2. The highest BCUT2D eigenvalue weighted by Gasteiger charge is 2.04. The van der Waals surface area contributed by atoms with Crippen LogP contribution in [0.2, 0.25) is 10.0 Å². The Morgan fingerprint density at radius 3 is 1.89 bits per heavy atom. The van der Waals surface area contributed by atoms with E-state index in [0.29, 0.717) is 16.6 Å². The van der Waals surface area contributed by atoms with Gasteiger partial charge in [-0.05, 0) is 55.7 Å². The van der Waals surface area contributed by atoms with Gasteiger partial charge in [0, 0.05) is 22.3 Å². The summed E-state index contributed by atoms with van der Waals surface area (Å²) in [6, 6.07) is 9.97. The van der Waals surface area contributed by atoms with Crippen molar-refractivity contribution in [2.45, 2.75) is 27.3 Å². The molecule has 0 bridgehead atoms. The van der Waals surface area contributed by atoms with E-state index in [1.165, 1.54) is 22.4 Å². The largest absolute Gasteiger partial charge is 0.381 e. The van der Waals surface area contributed by atoms with Crippen molar-refractivity contribution >= 4 is 28.9 Å². The summed E-state index contributed by atoms with van der Waals surface area (Å²) in [5, 5.41) is 4.80. The molecule has 0 aliphatic rings. The van der Waals surface area contributed by atoms with Crippen LogP contribution in [0.5, 0.6) is 0 Å². The van der Waals surface area contributed by atoms with E-state index in [0.717, 1.165) is 5.56 Å². The molecule has 100 valence electrons. The molecule has 0 aliphatic heterocycles. The molecule has 0 atom stereocenters. The van der Waals surface area contributed by atoms with Crippen LogP contribution in [-0.4, -0.2) is 0 Å². The molecule has 0 amide bonds. The number of hydrogen-bond acceptors (Lipinski definition) is 1. The predicted molar refractivity (Wildman–Crippen MR) is 84.4 cm³/mol. The van der Waals surface area contributed by atoms with Gasteiger partial charge in [-0.25, -0.2) is 0 Å². The Bertz CT molecular complexity index is 562. The van der Waals surface area contributed by atoms with E-state index < -0.39 is 0 Å². The first-order chi connectivity index (χ1) is 8.95. The van der Waals surface area contributed by atoms with Gasteiger partial charge in [0.2, 0.25) is 0 Å². The number of anilines is 1. The van der Waals surface area contributed by atoms with Gasteiger partial charge < -0.3 is 5.32 Å². The highest BCUT2D eigenvalue weighted by molar-refractivity contribution is 6.34. The van der Waals surface area contributed by atoms with Crippen LogP contribution in [0.15, 0.2) is 30.3 Å². The van der Waals surface area contributed by atoms with Gasteiger partial charge in [-0.3, -0.25) is 0 Å². The fourth-order valence-electron chi connectivity index (χ4n) is 2.36. The van der Waals surface area contributed by atoms with Gasteiger partial charge in [-0.1, -0.05) is 40.9 Å². The van der Waals surface area contributed by atoms with Crippen molar-refractivity contribution in [3.8, 4) is 0 Å². The number of aryl methyl sites for hydroxylation is 3. The molecule has 19 heavy (non-hydrogen) atoms. The summed E-state index contributed by atoms with van der Waals surface area (Å²) in [7, 11) is 0. The second kappa shape index (κ2) is 5.85. The average molecular weight is 294 g/mol. The van der Waals surface area contributed by atoms with Crippen molar-refractivity contribution in [1.82, 2.24) is 0 Å². The highest BCUT2D eigenvalue weighted by atomic mass is 35.5. The number of nitrogens with one attached hydrogen (secondary N) is 1. The van der Waals surface area contributed by atoms with E-state index in [4.69, 9.17) is 23.2 Å². The van der Waals surface area contributed by atoms with Crippen LogP contribution in [0.4, 0.5) is 5.69 Å². The SMILES string of the molecule is Cc1cc(C)c(NCc2cc(Cl)cc(Cl)c2)c(C)c1. The van der Waals surface area contributed by atoms with Gasteiger partial charge in [-0.2, -0.15) is 0 Å². The Kier molecular flexibility index (Phi) is 4.38. The molecule has 0 saturated heterocycles. The second-order valence-electron chi connectivity index (χ2n) is 4.90. The van der Waals surface area contributed by atoms with Crippen LogP contribution in [0.3, 0.4) is 0 Å². The van der Waals surface area contributed by atoms with E-state index in [2.05, 4.69) is 38.2 Å². The maximum Gasteiger partial charge on any atom is 0.0424 e. The molecule has 3 heteroatoms. The third kappa shape index (κ3) is 3.65. The molecule has 0 unspecified atom stereocenters. The van der Waals surface area contributed by atoms with Gasteiger partial charge in [0.25, 0.3) is 0 Å². The van der Waals surface area contributed by atoms with Crippen molar-refractivity contribution in [1.29, 1.82) is 0 Å². The Balaban J connectivity index is 2.19. The fourth-order valence-corrected chi connectivity index (χ4v) is 2.93. The van der Waals surface area contributed by atoms with Crippen LogP contribution in [0.25, 0.3) is 0 Å². The minimum Gasteiger partial charge on any atom is -0.381 e. The summed E-state index contributed by atoms with van der Waals surface area (Å²) in [5.41, 5.74) is 6.06. The molecule has 0 radical (unpaired) electrons. The van der Waals surface area contributed by atoms with Crippen molar-refractivity contribution in [3.63, 3.8) is 0 Å². The third-order valence-electron chi connectivity index (χ3n) is 3.07.